The maximum Gasteiger partial charge on any atom is 0.206 e. The molecule has 6 nitrogen and oxygen atoms in total. The molecule has 0 unspecified atom stereocenters. The van der Waals surface area contributed by atoms with Crippen molar-refractivity contribution in [1.82, 2.24) is 0 Å². The zero-order valence-electron chi connectivity index (χ0n) is 10.0. The second-order valence-electron chi connectivity index (χ2n) is 3.64. The quantitative estimate of drug-likeness (QED) is 0.480. The predicted molar refractivity (Wildman–Crippen MR) is 73.1 cm³/mol. The Morgan fingerprint density at radius 2 is 0.947 bits per heavy atom. The Morgan fingerprint density at radius 1 is 0.684 bits per heavy atom. The summed E-state index contributed by atoms with van der Waals surface area (Å²) >= 11 is 0. The highest BCUT2D eigenvalue weighted by molar-refractivity contribution is 7.91. The third kappa shape index (κ3) is 3.44. The van der Waals surface area contributed by atoms with Gasteiger partial charge in [0.1, 0.15) is 0 Å². The van der Waals surface area contributed by atoms with E-state index in [4.69, 9.17) is 16.7 Å². The minimum atomic E-state index is -3.48. The van der Waals surface area contributed by atoms with E-state index in [-0.39, 0.29) is 9.79 Å². The molecule has 0 saturated heterocycles. The average Bonchev–Trinajstić information content (AvgIpc) is 2.42. The number of sulfone groups is 1. The molecule has 0 amide bonds. The maximum atomic E-state index is 12.2. The lowest BCUT2D eigenvalue weighted by Crippen LogP contribution is -2.02. The van der Waals surface area contributed by atoms with Gasteiger partial charge in [-0.1, -0.05) is 0 Å². The topological polar surface area (TPSA) is 132 Å². The number of nitrogen functional groups attached to an aromatic ring is 2. The summed E-state index contributed by atoms with van der Waals surface area (Å²) in [6, 6.07) is 12.2. The van der Waals surface area contributed by atoms with Crippen LogP contribution in [-0.2, 0) is 9.84 Å². The van der Waals surface area contributed by atoms with Gasteiger partial charge < -0.3 is 16.7 Å². The summed E-state index contributed by atoms with van der Waals surface area (Å²) in [5.41, 5.74) is 12.1. The van der Waals surface area contributed by atoms with Gasteiger partial charge in [0.05, 0.1) is 9.79 Å². The summed E-state index contributed by atoms with van der Waals surface area (Å²) in [7, 11) is -3.48. The van der Waals surface area contributed by atoms with Crippen LogP contribution in [0.2, 0.25) is 0 Å². The normalized spacial score (nSPS) is 10.4. The summed E-state index contributed by atoms with van der Waals surface area (Å²) in [5, 5.41) is 6.50. The maximum absolute atomic E-state index is 12.2. The van der Waals surface area contributed by atoms with Crippen molar-refractivity contribution in [2.45, 2.75) is 9.79 Å². The molecule has 0 aromatic heterocycles. The highest BCUT2D eigenvalue weighted by Gasteiger charge is 2.16. The van der Waals surface area contributed by atoms with Gasteiger partial charge in [-0.3, -0.25) is 0 Å². The summed E-state index contributed by atoms with van der Waals surface area (Å²) < 4.78 is 24.3. The highest BCUT2D eigenvalue weighted by Crippen LogP contribution is 2.22. The Labute approximate surface area is 111 Å². The molecule has 7 N–H and O–H groups in total. The smallest absolute Gasteiger partial charge is 0.206 e. The number of hydrogen-bond donors (Lipinski definition) is 4. The van der Waals surface area contributed by atoms with Crippen LogP contribution in [0.15, 0.2) is 58.3 Å². The van der Waals surface area contributed by atoms with Crippen molar-refractivity contribution in [3.05, 3.63) is 48.5 Å². The van der Waals surface area contributed by atoms with Crippen LogP contribution in [0.3, 0.4) is 0 Å². The molecule has 0 saturated carbocycles. The van der Waals surface area contributed by atoms with Crippen molar-refractivity contribution in [2.75, 3.05) is 11.5 Å². The van der Waals surface area contributed by atoms with Crippen LogP contribution in [0.1, 0.15) is 0 Å². The van der Waals surface area contributed by atoms with Gasteiger partial charge in [0.25, 0.3) is 0 Å². The van der Waals surface area contributed by atoms with Gasteiger partial charge in [-0.15, -0.1) is 0 Å². The Hall–Kier alpha value is -2.09. The molecule has 0 spiro atoms. The first-order chi connectivity index (χ1) is 9.00. The molecule has 7 heteroatoms. The molecular weight excluding hydrogens is 266 g/mol. The van der Waals surface area contributed by atoms with E-state index in [0.29, 0.717) is 11.4 Å². The zero-order valence-corrected chi connectivity index (χ0v) is 10.8. The molecular formula is C12H15N3O3S. The van der Waals surface area contributed by atoms with E-state index in [0.717, 1.165) is 0 Å². The third-order valence-electron chi connectivity index (χ3n) is 2.38. The van der Waals surface area contributed by atoms with Crippen molar-refractivity contribution < 1.29 is 13.6 Å². The van der Waals surface area contributed by atoms with E-state index in [2.05, 4.69) is 5.90 Å². The Bertz CT molecular complexity index is 571. The van der Waals surface area contributed by atoms with Crippen LogP contribution < -0.4 is 17.4 Å². The molecule has 0 fully saturated rings. The first-order valence-corrected chi connectivity index (χ1v) is 6.70. The van der Waals surface area contributed by atoms with Gasteiger partial charge in [0, 0.05) is 11.4 Å². The van der Waals surface area contributed by atoms with Crippen molar-refractivity contribution in [3.8, 4) is 0 Å². The SMILES string of the molecule is NO.Nc1ccc(S(=O)(=O)c2ccc(N)cc2)cc1. The van der Waals surface area contributed by atoms with E-state index in [9.17, 15) is 8.42 Å². The molecule has 0 radical (unpaired) electrons. The average molecular weight is 281 g/mol. The summed E-state index contributed by atoms with van der Waals surface area (Å²) in [5.74, 6) is 3.50. The fourth-order valence-corrected chi connectivity index (χ4v) is 2.69. The van der Waals surface area contributed by atoms with Gasteiger partial charge >= 0.3 is 0 Å². The second kappa shape index (κ2) is 6.19. The number of nitrogens with two attached hydrogens (primary N) is 3. The van der Waals surface area contributed by atoms with Crippen molar-refractivity contribution in [3.63, 3.8) is 0 Å². The lowest BCUT2D eigenvalue weighted by Gasteiger charge is -2.05. The Morgan fingerprint density at radius 3 is 1.21 bits per heavy atom. The van der Waals surface area contributed by atoms with E-state index < -0.39 is 9.84 Å². The first kappa shape index (κ1) is 15.0. The van der Waals surface area contributed by atoms with Crippen molar-refractivity contribution in [2.24, 2.45) is 5.90 Å². The largest absolute Gasteiger partial charge is 0.399 e. The number of anilines is 2. The van der Waals surface area contributed by atoms with Crippen LogP contribution in [0.5, 0.6) is 0 Å². The molecule has 2 aromatic rings. The first-order valence-electron chi connectivity index (χ1n) is 5.22. The standard InChI is InChI=1S/C12H12N2O2S.H3NO/c13-9-1-5-11(6-2-9)17(15,16)12-7-3-10(14)4-8-12;1-2/h1-8H,13-14H2;2H,1H2. The summed E-state index contributed by atoms with van der Waals surface area (Å²) in [4.78, 5) is 0.438. The lowest BCUT2D eigenvalue weighted by molar-refractivity contribution is 0.311. The molecule has 0 aliphatic heterocycles. The zero-order chi connectivity index (χ0) is 14.5. The van der Waals surface area contributed by atoms with E-state index >= 15 is 0 Å². The Balaban J connectivity index is 0.000000861. The molecule has 0 bridgehead atoms. The van der Waals surface area contributed by atoms with E-state index in [1.165, 1.54) is 24.3 Å². The molecule has 102 valence electrons. The van der Waals surface area contributed by atoms with Gasteiger partial charge in [-0.25, -0.2) is 14.3 Å². The van der Waals surface area contributed by atoms with Crippen LogP contribution in [0, 0.1) is 0 Å². The molecule has 0 aliphatic rings. The third-order valence-corrected chi connectivity index (χ3v) is 4.17. The van der Waals surface area contributed by atoms with Crippen LogP contribution in [-0.4, -0.2) is 13.6 Å². The van der Waals surface area contributed by atoms with Gasteiger partial charge in [-0.05, 0) is 48.5 Å². The lowest BCUT2D eigenvalue weighted by atomic mass is 10.3. The molecule has 0 heterocycles. The van der Waals surface area contributed by atoms with Crippen LogP contribution in [0.25, 0.3) is 0 Å². The van der Waals surface area contributed by atoms with Crippen LogP contribution >= 0.6 is 0 Å². The van der Waals surface area contributed by atoms with E-state index in [1.54, 1.807) is 24.3 Å². The molecule has 0 atom stereocenters. The fourth-order valence-electron chi connectivity index (χ4n) is 1.43. The number of benzene rings is 2. The highest BCUT2D eigenvalue weighted by atomic mass is 32.2. The Kier molecular flexibility index (Phi) is 4.87. The fraction of sp³-hybridized carbons (Fsp3) is 0. The number of rotatable bonds is 2. The monoisotopic (exact) mass is 281 g/mol. The molecule has 2 aromatic carbocycles. The van der Waals surface area contributed by atoms with E-state index in [1.807, 2.05) is 0 Å². The molecule has 19 heavy (non-hydrogen) atoms. The summed E-state index contributed by atoms with van der Waals surface area (Å²) in [6.07, 6.45) is 0. The minimum absolute atomic E-state index is 0.219. The van der Waals surface area contributed by atoms with Crippen molar-refractivity contribution in [1.29, 1.82) is 0 Å². The van der Waals surface area contributed by atoms with Crippen LogP contribution in [0.4, 0.5) is 11.4 Å². The predicted octanol–water partition coefficient (Wildman–Crippen LogP) is 1.02. The van der Waals surface area contributed by atoms with Gasteiger partial charge in [-0.2, -0.15) is 0 Å². The molecule has 2 rings (SSSR count). The molecule has 0 aliphatic carbocycles. The van der Waals surface area contributed by atoms with Crippen molar-refractivity contribution >= 4 is 21.2 Å². The minimum Gasteiger partial charge on any atom is -0.399 e. The summed E-state index contributed by atoms with van der Waals surface area (Å²) in [6.45, 7) is 0. The second-order valence-corrected chi connectivity index (χ2v) is 5.59. The van der Waals surface area contributed by atoms with Gasteiger partial charge in [0.2, 0.25) is 9.84 Å². The number of hydrogen-bond acceptors (Lipinski definition) is 6. The van der Waals surface area contributed by atoms with Gasteiger partial charge in [0.15, 0.2) is 0 Å².